The van der Waals surface area contributed by atoms with Gasteiger partial charge in [0, 0.05) is 26.7 Å². The topological polar surface area (TPSA) is 67.2 Å². The first-order valence-electron chi connectivity index (χ1n) is 10.2. The van der Waals surface area contributed by atoms with Gasteiger partial charge in [-0.2, -0.15) is 11.8 Å². The highest BCUT2D eigenvalue weighted by Crippen LogP contribution is 2.21. The fourth-order valence-electron chi connectivity index (χ4n) is 3.63. The Bertz CT molecular complexity index is 867. The van der Waals surface area contributed by atoms with Crippen LogP contribution in [0, 0.1) is 5.92 Å². The van der Waals surface area contributed by atoms with Crippen molar-refractivity contribution >= 4 is 34.5 Å². The van der Waals surface area contributed by atoms with Gasteiger partial charge in [-0.15, -0.1) is 0 Å². The van der Waals surface area contributed by atoms with Gasteiger partial charge in [0.1, 0.15) is 0 Å². The predicted octanol–water partition coefficient (Wildman–Crippen LogP) is 2.80. The number of carbonyl (C=O) groups is 1. The summed E-state index contributed by atoms with van der Waals surface area (Å²) in [6, 6.07) is 7.65. The zero-order valence-corrected chi connectivity index (χ0v) is 17.6. The first-order valence-corrected chi connectivity index (χ1v) is 11.3. The standard InChI is InChI=1S/C21H30N4O2S/c1-3-13-28-14-7-11-22-20(26)16-8-6-12-25(15-16)19-21(27)24(2)18-10-5-4-9-17(18)23-19/h4-5,9-10,16H,3,6-8,11-15H2,1-2H3,(H,22,26)/t16-/m0/s1. The van der Waals surface area contributed by atoms with Gasteiger partial charge in [0.15, 0.2) is 5.82 Å². The van der Waals surface area contributed by atoms with E-state index in [0.29, 0.717) is 12.4 Å². The first-order chi connectivity index (χ1) is 13.6. The molecule has 0 saturated carbocycles. The van der Waals surface area contributed by atoms with Crippen LogP contribution in [0.3, 0.4) is 0 Å². The van der Waals surface area contributed by atoms with Crippen LogP contribution >= 0.6 is 11.8 Å². The molecule has 1 amide bonds. The van der Waals surface area contributed by atoms with E-state index in [1.165, 1.54) is 12.2 Å². The molecule has 2 aromatic rings. The number of thioether (sulfide) groups is 1. The number of aromatic nitrogens is 2. The quantitative estimate of drug-likeness (QED) is 0.688. The van der Waals surface area contributed by atoms with Crippen LogP contribution in [0.4, 0.5) is 5.82 Å². The molecule has 1 aliphatic rings. The van der Waals surface area contributed by atoms with Crippen molar-refractivity contribution in [1.29, 1.82) is 0 Å². The van der Waals surface area contributed by atoms with Gasteiger partial charge in [0.25, 0.3) is 5.56 Å². The van der Waals surface area contributed by atoms with Gasteiger partial charge in [-0.1, -0.05) is 19.1 Å². The first kappa shape index (κ1) is 20.7. The lowest BCUT2D eigenvalue weighted by atomic mass is 9.97. The molecule has 1 aliphatic heterocycles. The summed E-state index contributed by atoms with van der Waals surface area (Å²) in [7, 11) is 1.78. The lowest BCUT2D eigenvalue weighted by Gasteiger charge is -2.32. The van der Waals surface area contributed by atoms with Crippen LogP contribution in [0.25, 0.3) is 11.0 Å². The lowest BCUT2D eigenvalue weighted by molar-refractivity contribution is -0.125. The molecule has 28 heavy (non-hydrogen) atoms. The SMILES string of the molecule is CCCSCCCNC(=O)[C@H]1CCCN(c2nc3ccccc3n(C)c2=O)C1. The fourth-order valence-corrected chi connectivity index (χ4v) is 4.47. The summed E-state index contributed by atoms with van der Waals surface area (Å²) < 4.78 is 1.65. The number of nitrogens with zero attached hydrogens (tertiary/aromatic N) is 3. The zero-order valence-electron chi connectivity index (χ0n) is 16.8. The van der Waals surface area contributed by atoms with E-state index in [1.807, 2.05) is 40.9 Å². The molecular weight excluding hydrogens is 372 g/mol. The highest BCUT2D eigenvalue weighted by Gasteiger charge is 2.28. The van der Waals surface area contributed by atoms with Crippen LogP contribution in [0.15, 0.2) is 29.1 Å². The normalized spacial score (nSPS) is 17.1. The minimum absolute atomic E-state index is 0.0879. The number of piperidine rings is 1. The fraction of sp³-hybridized carbons (Fsp3) is 0.571. The lowest BCUT2D eigenvalue weighted by Crippen LogP contribution is -2.45. The molecule has 0 unspecified atom stereocenters. The van der Waals surface area contributed by atoms with Crippen molar-refractivity contribution in [2.45, 2.75) is 32.6 Å². The number of benzene rings is 1. The summed E-state index contributed by atoms with van der Waals surface area (Å²) in [5.74, 6) is 2.73. The Morgan fingerprint density at radius 2 is 2.14 bits per heavy atom. The summed E-state index contributed by atoms with van der Waals surface area (Å²) in [4.78, 5) is 32.0. The molecule has 1 atom stereocenters. The van der Waals surface area contributed by atoms with Crippen LogP contribution in [0.5, 0.6) is 0 Å². The van der Waals surface area contributed by atoms with Crippen molar-refractivity contribution in [1.82, 2.24) is 14.9 Å². The van der Waals surface area contributed by atoms with E-state index < -0.39 is 0 Å². The van der Waals surface area contributed by atoms with Crippen molar-refractivity contribution in [3.05, 3.63) is 34.6 Å². The maximum absolute atomic E-state index is 12.8. The monoisotopic (exact) mass is 402 g/mol. The van der Waals surface area contributed by atoms with Crippen molar-refractivity contribution in [2.75, 3.05) is 36.0 Å². The van der Waals surface area contributed by atoms with Crippen LogP contribution in [-0.2, 0) is 11.8 Å². The number of aryl methyl sites for hydroxylation is 1. The van der Waals surface area contributed by atoms with Gasteiger partial charge in [-0.05, 0) is 49.3 Å². The van der Waals surface area contributed by atoms with Crippen LogP contribution < -0.4 is 15.8 Å². The number of hydrogen-bond acceptors (Lipinski definition) is 5. The second-order valence-electron chi connectivity index (χ2n) is 7.33. The number of anilines is 1. The molecule has 0 bridgehead atoms. The Labute approximate surface area is 170 Å². The average Bonchev–Trinajstić information content (AvgIpc) is 2.73. The van der Waals surface area contributed by atoms with Gasteiger partial charge < -0.3 is 14.8 Å². The van der Waals surface area contributed by atoms with Gasteiger partial charge in [0.2, 0.25) is 5.91 Å². The number of rotatable bonds is 8. The highest BCUT2D eigenvalue weighted by atomic mass is 32.2. The van der Waals surface area contributed by atoms with E-state index >= 15 is 0 Å². The Hall–Kier alpha value is -2.02. The van der Waals surface area contributed by atoms with Crippen LogP contribution in [-0.4, -0.2) is 46.6 Å². The van der Waals surface area contributed by atoms with E-state index in [-0.39, 0.29) is 17.4 Å². The van der Waals surface area contributed by atoms with Crippen molar-refractivity contribution in [2.24, 2.45) is 13.0 Å². The molecule has 1 aromatic carbocycles. The third-order valence-electron chi connectivity index (χ3n) is 5.17. The number of fused-ring (bicyclic) bond motifs is 1. The third-order valence-corrected chi connectivity index (χ3v) is 6.44. The van der Waals surface area contributed by atoms with Gasteiger partial charge >= 0.3 is 0 Å². The van der Waals surface area contributed by atoms with Gasteiger partial charge in [0.05, 0.1) is 17.0 Å². The molecule has 1 N–H and O–H groups in total. The number of amides is 1. The van der Waals surface area contributed by atoms with E-state index in [4.69, 9.17) is 0 Å². The second-order valence-corrected chi connectivity index (χ2v) is 8.56. The largest absolute Gasteiger partial charge is 0.356 e. The van der Waals surface area contributed by atoms with E-state index in [1.54, 1.807) is 11.6 Å². The van der Waals surface area contributed by atoms with E-state index in [9.17, 15) is 9.59 Å². The van der Waals surface area contributed by atoms with Crippen molar-refractivity contribution < 1.29 is 4.79 Å². The highest BCUT2D eigenvalue weighted by molar-refractivity contribution is 7.99. The smallest absolute Gasteiger partial charge is 0.293 e. The van der Waals surface area contributed by atoms with Gasteiger partial charge in [-0.3, -0.25) is 9.59 Å². The number of carbonyl (C=O) groups excluding carboxylic acids is 1. The molecule has 0 aliphatic carbocycles. The third kappa shape index (κ3) is 4.87. The zero-order chi connectivity index (χ0) is 19.9. The summed E-state index contributed by atoms with van der Waals surface area (Å²) in [5.41, 5.74) is 1.52. The molecule has 6 nitrogen and oxygen atoms in total. The number of para-hydroxylation sites is 2. The van der Waals surface area contributed by atoms with Crippen LogP contribution in [0.1, 0.15) is 32.6 Å². The molecule has 152 valence electrons. The predicted molar refractivity (Wildman–Crippen MR) is 117 cm³/mol. The minimum atomic E-state index is -0.104. The molecule has 2 heterocycles. The summed E-state index contributed by atoms with van der Waals surface area (Å²) in [6.45, 7) is 4.22. The van der Waals surface area contributed by atoms with Crippen LogP contribution in [0.2, 0.25) is 0 Å². The number of hydrogen-bond donors (Lipinski definition) is 1. The van der Waals surface area contributed by atoms with Crippen molar-refractivity contribution in [3.8, 4) is 0 Å². The van der Waals surface area contributed by atoms with E-state index in [2.05, 4.69) is 17.2 Å². The molecule has 7 heteroatoms. The van der Waals surface area contributed by atoms with E-state index in [0.717, 1.165) is 49.1 Å². The molecule has 1 saturated heterocycles. The van der Waals surface area contributed by atoms with Gasteiger partial charge in [-0.25, -0.2) is 4.98 Å². The average molecular weight is 403 g/mol. The Morgan fingerprint density at radius 1 is 1.32 bits per heavy atom. The molecule has 0 radical (unpaired) electrons. The summed E-state index contributed by atoms with van der Waals surface area (Å²) in [5, 5.41) is 3.07. The number of nitrogens with one attached hydrogen (secondary N) is 1. The van der Waals surface area contributed by atoms with Crippen molar-refractivity contribution in [3.63, 3.8) is 0 Å². The molecule has 0 spiro atoms. The summed E-state index contributed by atoms with van der Waals surface area (Å²) in [6.07, 6.45) is 3.94. The minimum Gasteiger partial charge on any atom is -0.356 e. The molecule has 1 fully saturated rings. The Balaban J connectivity index is 1.63. The summed E-state index contributed by atoms with van der Waals surface area (Å²) >= 11 is 1.94. The molecule has 1 aromatic heterocycles. The molecule has 3 rings (SSSR count). The Morgan fingerprint density at radius 3 is 2.96 bits per heavy atom. The molecular formula is C21H30N4O2S. The maximum atomic E-state index is 12.8. The maximum Gasteiger partial charge on any atom is 0.293 e. The Kier molecular flexibility index (Phi) is 7.36. The second kappa shape index (κ2) is 9.96.